The van der Waals surface area contributed by atoms with E-state index in [2.05, 4.69) is 19.9 Å². The number of halogens is 2. The summed E-state index contributed by atoms with van der Waals surface area (Å²) in [6.45, 7) is 4.44. The summed E-state index contributed by atoms with van der Waals surface area (Å²) in [7, 11) is 0. The largest absolute Gasteiger partial charge is 0.294 e. The zero-order valence-corrected chi connectivity index (χ0v) is 14.4. The molecule has 0 amide bonds. The molecule has 1 aromatic carbocycles. The van der Waals surface area contributed by atoms with Gasteiger partial charge >= 0.3 is 0 Å². The van der Waals surface area contributed by atoms with Crippen LogP contribution in [0, 0.1) is 18.6 Å². The standard InChI is InChI=1S/C20H18F2N4/c1-13-23-10-16-12-26(7-6-20(16)25-13)11-14-2-5-19(24-9-14)15-3-4-17(21)18(22)8-15/h2-5,8-10H,6-7,11-12H2,1H3. The Morgan fingerprint density at radius 1 is 1.04 bits per heavy atom. The molecule has 0 unspecified atom stereocenters. The first kappa shape index (κ1) is 16.7. The second-order valence-corrected chi connectivity index (χ2v) is 6.53. The summed E-state index contributed by atoms with van der Waals surface area (Å²) in [5, 5.41) is 0. The third-order valence-electron chi connectivity index (χ3n) is 4.58. The lowest BCUT2D eigenvalue weighted by Gasteiger charge is -2.27. The van der Waals surface area contributed by atoms with Crippen molar-refractivity contribution in [2.24, 2.45) is 0 Å². The molecule has 0 aliphatic carbocycles. The van der Waals surface area contributed by atoms with Gasteiger partial charge in [-0.05, 0) is 36.8 Å². The molecule has 3 heterocycles. The van der Waals surface area contributed by atoms with Gasteiger partial charge < -0.3 is 0 Å². The average Bonchev–Trinajstić information content (AvgIpc) is 2.65. The second-order valence-electron chi connectivity index (χ2n) is 6.53. The van der Waals surface area contributed by atoms with Gasteiger partial charge in [0.05, 0.1) is 5.69 Å². The number of aromatic nitrogens is 3. The highest BCUT2D eigenvalue weighted by Gasteiger charge is 2.18. The topological polar surface area (TPSA) is 41.9 Å². The average molecular weight is 352 g/mol. The van der Waals surface area contributed by atoms with E-state index < -0.39 is 11.6 Å². The van der Waals surface area contributed by atoms with Crippen molar-refractivity contribution in [3.63, 3.8) is 0 Å². The third-order valence-corrected chi connectivity index (χ3v) is 4.58. The van der Waals surface area contributed by atoms with Crippen molar-refractivity contribution in [3.8, 4) is 11.3 Å². The van der Waals surface area contributed by atoms with E-state index in [-0.39, 0.29) is 0 Å². The Balaban J connectivity index is 1.46. The predicted molar refractivity (Wildman–Crippen MR) is 94.2 cm³/mol. The Labute approximate surface area is 150 Å². The van der Waals surface area contributed by atoms with Crippen LogP contribution in [-0.2, 0) is 19.5 Å². The quantitative estimate of drug-likeness (QED) is 0.721. The summed E-state index contributed by atoms with van der Waals surface area (Å²) in [5.41, 5.74) is 4.58. The van der Waals surface area contributed by atoms with Gasteiger partial charge in [0.25, 0.3) is 0 Å². The van der Waals surface area contributed by atoms with Crippen LogP contribution in [0.5, 0.6) is 0 Å². The zero-order valence-electron chi connectivity index (χ0n) is 14.4. The van der Waals surface area contributed by atoms with Crippen LogP contribution in [0.2, 0.25) is 0 Å². The third kappa shape index (κ3) is 3.46. The molecule has 0 spiro atoms. The minimum Gasteiger partial charge on any atom is -0.294 e. The van der Waals surface area contributed by atoms with Gasteiger partial charge in [-0.25, -0.2) is 18.7 Å². The number of nitrogens with zero attached hydrogens (tertiary/aromatic N) is 4. The highest BCUT2D eigenvalue weighted by molar-refractivity contribution is 5.59. The van der Waals surface area contributed by atoms with Crippen LogP contribution in [0.4, 0.5) is 8.78 Å². The molecule has 4 nitrogen and oxygen atoms in total. The molecular formula is C20H18F2N4. The molecule has 0 radical (unpaired) electrons. The Bertz CT molecular complexity index is 941. The van der Waals surface area contributed by atoms with Crippen molar-refractivity contribution < 1.29 is 8.78 Å². The fourth-order valence-electron chi connectivity index (χ4n) is 3.21. The van der Waals surface area contributed by atoms with E-state index in [1.807, 2.05) is 25.3 Å². The van der Waals surface area contributed by atoms with Gasteiger partial charge in [-0.15, -0.1) is 0 Å². The SMILES string of the molecule is Cc1ncc2c(n1)CCN(Cc1ccc(-c3ccc(F)c(F)c3)nc1)C2. The highest BCUT2D eigenvalue weighted by atomic mass is 19.2. The highest BCUT2D eigenvalue weighted by Crippen LogP contribution is 2.22. The minimum absolute atomic E-state index is 0.565. The van der Waals surface area contributed by atoms with Crippen LogP contribution in [0.3, 0.4) is 0 Å². The molecule has 26 heavy (non-hydrogen) atoms. The number of pyridine rings is 1. The van der Waals surface area contributed by atoms with Gasteiger partial charge in [-0.1, -0.05) is 6.07 Å². The summed E-state index contributed by atoms with van der Waals surface area (Å²) in [6, 6.07) is 7.64. The molecule has 3 aromatic rings. The monoisotopic (exact) mass is 352 g/mol. The predicted octanol–water partition coefficient (Wildman–Crippen LogP) is 3.68. The molecule has 6 heteroatoms. The number of hydrogen-bond donors (Lipinski definition) is 0. The van der Waals surface area contributed by atoms with Gasteiger partial charge in [0.2, 0.25) is 0 Å². The molecule has 0 bridgehead atoms. The Kier molecular flexibility index (Phi) is 4.42. The van der Waals surface area contributed by atoms with Gasteiger partial charge in [0.1, 0.15) is 5.82 Å². The lowest BCUT2D eigenvalue weighted by Crippen LogP contribution is -2.31. The van der Waals surface area contributed by atoms with E-state index in [0.717, 1.165) is 49.2 Å². The van der Waals surface area contributed by atoms with Gasteiger partial charge in [-0.2, -0.15) is 0 Å². The van der Waals surface area contributed by atoms with Crippen LogP contribution < -0.4 is 0 Å². The Morgan fingerprint density at radius 2 is 1.92 bits per heavy atom. The summed E-state index contributed by atoms with van der Waals surface area (Å²) >= 11 is 0. The molecule has 1 aliphatic rings. The van der Waals surface area contributed by atoms with Gasteiger partial charge in [-0.3, -0.25) is 9.88 Å². The summed E-state index contributed by atoms with van der Waals surface area (Å²) in [6.07, 6.45) is 4.62. The molecule has 1 aliphatic heterocycles. The second kappa shape index (κ2) is 6.88. The molecule has 0 fully saturated rings. The van der Waals surface area contributed by atoms with E-state index in [4.69, 9.17) is 0 Å². The molecule has 0 saturated carbocycles. The Morgan fingerprint density at radius 3 is 2.69 bits per heavy atom. The number of hydrogen-bond acceptors (Lipinski definition) is 4. The van der Waals surface area contributed by atoms with Gasteiger partial charge in [0.15, 0.2) is 11.6 Å². The van der Waals surface area contributed by atoms with E-state index in [1.54, 1.807) is 6.20 Å². The maximum absolute atomic E-state index is 13.4. The van der Waals surface area contributed by atoms with Crippen LogP contribution >= 0.6 is 0 Å². The number of fused-ring (bicyclic) bond motifs is 1. The van der Waals surface area contributed by atoms with Gasteiger partial charge in [0, 0.05) is 55.3 Å². The maximum Gasteiger partial charge on any atom is 0.159 e. The summed E-state index contributed by atoms with van der Waals surface area (Å²) < 4.78 is 26.4. The summed E-state index contributed by atoms with van der Waals surface area (Å²) in [5.74, 6) is -0.901. The van der Waals surface area contributed by atoms with E-state index >= 15 is 0 Å². The lowest BCUT2D eigenvalue weighted by atomic mass is 10.1. The molecular weight excluding hydrogens is 334 g/mol. The smallest absolute Gasteiger partial charge is 0.159 e. The van der Waals surface area contributed by atoms with Crippen molar-refractivity contribution in [2.75, 3.05) is 6.54 Å². The zero-order chi connectivity index (χ0) is 18.1. The molecule has 2 aromatic heterocycles. The fraction of sp³-hybridized carbons (Fsp3) is 0.250. The Hall–Kier alpha value is -2.73. The van der Waals surface area contributed by atoms with Crippen LogP contribution in [0.25, 0.3) is 11.3 Å². The van der Waals surface area contributed by atoms with Crippen LogP contribution in [0.15, 0.2) is 42.7 Å². The molecule has 132 valence electrons. The number of rotatable bonds is 3. The van der Waals surface area contributed by atoms with Crippen LogP contribution in [-0.4, -0.2) is 26.4 Å². The summed E-state index contributed by atoms with van der Waals surface area (Å²) in [4.78, 5) is 15.5. The maximum atomic E-state index is 13.4. The molecule has 0 atom stereocenters. The first-order valence-corrected chi connectivity index (χ1v) is 8.52. The van der Waals surface area contributed by atoms with E-state index in [0.29, 0.717) is 11.3 Å². The van der Waals surface area contributed by atoms with Crippen molar-refractivity contribution in [2.45, 2.75) is 26.4 Å². The van der Waals surface area contributed by atoms with Crippen molar-refractivity contribution in [1.29, 1.82) is 0 Å². The minimum atomic E-state index is -0.863. The van der Waals surface area contributed by atoms with Crippen molar-refractivity contribution in [1.82, 2.24) is 19.9 Å². The van der Waals surface area contributed by atoms with E-state index in [9.17, 15) is 8.78 Å². The van der Waals surface area contributed by atoms with Crippen molar-refractivity contribution in [3.05, 3.63) is 77.0 Å². The van der Waals surface area contributed by atoms with Crippen LogP contribution in [0.1, 0.15) is 22.6 Å². The molecule has 0 saturated heterocycles. The fourth-order valence-corrected chi connectivity index (χ4v) is 3.21. The lowest BCUT2D eigenvalue weighted by molar-refractivity contribution is 0.242. The first-order chi connectivity index (χ1) is 12.6. The van der Waals surface area contributed by atoms with Crippen molar-refractivity contribution >= 4 is 0 Å². The normalized spacial score (nSPS) is 14.3. The molecule has 4 rings (SSSR count). The van der Waals surface area contributed by atoms with E-state index in [1.165, 1.54) is 17.7 Å². The molecule has 0 N–H and O–H groups in total. The number of benzene rings is 1. The number of aryl methyl sites for hydroxylation is 1. The first-order valence-electron chi connectivity index (χ1n) is 8.52.